The van der Waals surface area contributed by atoms with E-state index in [1.807, 2.05) is 16.5 Å². The average Bonchev–Trinajstić information content (AvgIpc) is 3.14. The lowest BCUT2D eigenvalue weighted by molar-refractivity contribution is -0.120. The summed E-state index contributed by atoms with van der Waals surface area (Å²) in [5.41, 5.74) is 0. The van der Waals surface area contributed by atoms with E-state index in [2.05, 4.69) is 4.98 Å². The Morgan fingerprint density at radius 1 is 1.15 bits per heavy atom. The average molecular weight is 292 g/mol. The van der Waals surface area contributed by atoms with Crippen molar-refractivity contribution < 1.29 is 4.79 Å². The number of nitrogens with zero attached hydrogens (tertiary/aromatic N) is 2. The van der Waals surface area contributed by atoms with Crippen molar-refractivity contribution >= 4 is 22.4 Å². The molecule has 20 heavy (non-hydrogen) atoms. The van der Waals surface area contributed by atoms with Gasteiger partial charge in [-0.15, -0.1) is 11.3 Å². The van der Waals surface area contributed by atoms with Gasteiger partial charge in [0.05, 0.1) is 0 Å². The number of thiazole rings is 1. The van der Waals surface area contributed by atoms with Gasteiger partial charge in [-0.25, -0.2) is 4.98 Å². The number of amides is 1. The third kappa shape index (κ3) is 3.22. The molecule has 0 bridgehead atoms. The number of carbonyl (C=O) groups is 1. The van der Waals surface area contributed by atoms with Crippen molar-refractivity contribution in [2.75, 3.05) is 4.90 Å². The van der Waals surface area contributed by atoms with Gasteiger partial charge < -0.3 is 0 Å². The molecule has 1 aromatic rings. The van der Waals surface area contributed by atoms with Gasteiger partial charge in [-0.2, -0.15) is 0 Å². The summed E-state index contributed by atoms with van der Waals surface area (Å²) >= 11 is 1.60. The zero-order chi connectivity index (χ0) is 13.8. The van der Waals surface area contributed by atoms with E-state index in [9.17, 15) is 4.79 Å². The van der Waals surface area contributed by atoms with Gasteiger partial charge in [0.2, 0.25) is 5.91 Å². The lowest BCUT2D eigenvalue weighted by Crippen LogP contribution is -2.42. The fraction of sp³-hybridized carbons (Fsp3) is 0.750. The molecule has 110 valence electrons. The summed E-state index contributed by atoms with van der Waals surface area (Å²) < 4.78 is 0. The molecule has 2 fully saturated rings. The summed E-state index contributed by atoms with van der Waals surface area (Å²) in [6, 6.07) is 0.392. The molecule has 0 saturated heterocycles. The van der Waals surface area contributed by atoms with Crippen molar-refractivity contribution in [2.45, 2.75) is 70.3 Å². The van der Waals surface area contributed by atoms with Crippen LogP contribution in [-0.2, 0) is 4.79 Å². The number of aromatic nitrogens is 1. The van der Waals surface area contributed by atoms with E-state index in [0.29, 0.717) is 17.9 Å². The Morgan fingerprint density at radius 2 is 1.85 bits per heavy atom. The zero-order valence-corrected chi connectivity index (χ0v) is 12.9. The first-order chi connectivity index (χ1) is 9.84. The standard InChI is InChI=1S/C16H24N2OS/c19-15(12-13-6-4-5-7-13)18(16-17-10-11-20-16)14-8-2-1-3-9-14/h10-11,13-14H,1-9,12H2. The second kappa shape index (κ2) is 6.70. The molecule has 0 aromatic carbocycles. The highest BCUT2D eigenvalue weighted by Gasteiger charge is 2.30. The lowest BCUT2D eigenvalue weighted by atomic mass is 9.93. The van der Waals surface area contributed by atoms with Gasteiger partial charge in [0.25, 0.3) is 0 Å². The number of rotatable bonds is 4. The van der Waals surface area contributed by atoms with Gasteiger partial charge in [0.1, 0.15) is 0 Å². The highest BCUT2D eigenvalue weighted by atomic mass is 32.1. The largest absolute Gasteiger partial charge is 0.285 e. The van der Waals surface area contributed by atoms with E-state index in [-0.39, 0.29) is 0 Å². The van der Waals surface area contributed by atoms with Crippen molar-refractivity contribution in [2.24, 2.45) is 5.92 Å². The van der Waals surface area contributed by atoms with Crippen molar-refractivity contribution in [1.29, 1.82) is 0 Å². The van der Waals surface area contributed by atoms with Crippen LogP contribution in [0.1, 0.15) is 64.2 Å². The molecule has 0 N–H and O–H groups in total. The summed E-state index contributed by atoms with van der Waals surface area (Å²) in [6.45, 7) is 0. The summed E-state index contributed by atoms with van der Waals surface area (Å²) in [5, 5.41) is 2.90. The van der Waals surface area contributed by atoms with Crippen LogP contribution in [0.25, 0.3) is 0 Å². The van der Waals surface area contributed by atoms with Crippen molar-refractivity contribution in [1.82, 2.24) is 4.98 Å². The molecule has 0 atom stereocenters. The minimum atomic E-state index is 0.318. The number of carbonyl (C=O) groups excluding carboxylic acids is 1. The van der Waals surface area contributed by atoms with Crippen LogP contribution in [0.4, 0.5) is 5.13 Å². The van der Waals surface area contributed by atoms with Gasteiger partial charge in [-0.1, -0.05) is 32.1 Å². The number of hydrogen-bond donors (Lipinski definition) is 0. The molecule has 1 aromatic heterocycles. The van der Waals surface area contributed by atoms with Gasteiger partial charge in [0.15, 0.2) is 5.13 Å². The van der Waals surface area contributed by atoms with Crippen molar-refractivity contribution in [3.63, 3.8) is 0 Å². The van der Waals surface area contributed by atoms with Crippen molar-refractivity contribution in [3.8, 4) is 0 Å². The Balaban J connectivity index is 1.72. The van der Waals surface area contributed by atoms with E-state index in [1.54, 1.807) is 11.3 Å². The molecule has 0 aliphatic heterocycles. The molecule has 2 saturated carbocycles. The van der Waals surface area contributed by atoms with E-state index in [0.717, 1.165) is 24.4 Å². The first-order valence-electron chi connectivity index (χ1n) is 8.06. The number of anilines is 1. The lowest BCUT2D eigenvalue weighted by Gasteiger charge is -2.33. The molecule has 0 radical (unpaired) electrons. The van der Waals surface area contributed by atoms with Crippen LogP contribution in [0.2, 0.25) is 0 Å². The molecule has 2 aliphatic rings. The van der Waals surface area contributed by atoms with E-state index in [4.69, 9.17) is 0 Å². The highest BCUT2D eigenvalue weighted by Crippen LogP contribution is 2.33. The molecular formula is C16H24N2OS. The third-order valence-corrected chi connectivity index (χ3v) is 5.54. The van der Waals surface area contributed by atoms with E-state index in [1.165, 1.54) is 44.9 Å². The van der Waals surface area contributed by atoms with E-state index >= 15 is 0 Å². The quantitative estimate of drug-likeness (QED) is 0.824. The summed E-state index contributed by atoms with van der Waals surface area (Å²) in [6.07, 6.45) is 13.8. The van der Waals surface area contributed by atoms with Crippen LogP contribution in [0.3, 0.4) is 0 Å². The molecule has 3 nitrogen and oxygen atoms in total. The van der Waals surface area contributed by atoms with Crippen LogP contribution in [0, 0.1) is 5.92 Å². The third-order valence-electron chi connectivity index (χ3n) is 4.77. The summed E-state index contributed by atoms with van der Waals surface area (Å²) in [5.74, 6) is 0.937. The molecule has 2 aliphatic carbocycles. The highest BCUT2D eigenvalue weighted by molar-refractivity contribution is 7.13. The smallest absolute Gasteiger partial charge is 0.229 e. The molecule has 1 heterocycles. The van der Waals surface area contributed by atoms with Gasteiger partial charge in [0, 0.05) is 24.0 Å². The van der Waals surface area contributed by atoms with E-state index < -0.39 is 0 Å². The van der Waals surface area contributed by atoms with Crippen LogP contribution in [-0.4, -0.2) is 16.9 Å². The fourth-order valence-electron chi connectivity index (χ4n) is 3.70. The Hall–Kier alpha value is -0.900. The normalized spacial score (nSPS) is 21.2. The summed E-state index contributed by atoms with van der Waals surface area (Å²) in [7, 11) is 0. The minimum absolute atomic E-state index is 0.318. The Labute approximate surface area is 125 Å². The minimum Gasteiger partial charge on any atom is -0.285 e. The predicted octanol–water partition coefficient (Wildman–Crippen LogP) is 4.39. The molecule has 0 spiro atoms. The molecular weight excluding hydrogens is 268 g/mol. The second-order valence-electron chi connectivity index (χ2n) is 6.22. The van der Waals surface area contributed by atoms with Crippen LogP contribution >= 0.6 is 11.3 Å². The maximum atomic E-state index is 12.8. The molecule has 0 unspecified atom stereocenters. The Kier molecular flexibility index (Phi) is 4.71. The number of hydrogen-bond acceptors (Lipinski definition) is 3. The predicted molar refractivity (Wildman–Crippen MR) is 83.0 cm³/mol. The Bertz CT molecular complexity index is 420. The zero-order valence-electron chi connectivity index (χ0n) is 12.1. The monoisotopic (exact) mass is 292 g/mol. The molecule has 4 heteroatoms. The molecule has 3 rings (SSSR count). The van der Waals surface area contributed by atoms with Crippen LogP contribution in [0.15, 0.2) is 11.6 Å². The SMILES string of the molecule is O=C(CC1CCCC1)N(c1nccs1)C1CCCCC1. The van der Waals surface area contributed by atoms with Gasteiger partial charge >= 0.3 is 0 Å². The summed E-state index contributed by atoms with van der Waals surface area (Å²) in [4.78, 5) is 19.2. The fourth-order valence-corrected chi connectivity index (χ4v) is 4.43. The first-order valence-corrected chi connectivity index (χ1v) is 8.94. The maximum absolute atomic E-state index is 12.8. The maximum Gasteiger partial charge on any atom is 0.229 e. The topological polar surface area (TPSA) is 33.2 Å². The van der Waals surface area contributed by atoms with Crippen LogP contribution < -0.4 is 4.90 Å². The van der Waals surface area contributed by atoms with Gasteiger partial charge in [-0.05, 0) is 31.6 Å². The van der Waals surface area contributed by atoms with Crippen molar-refractivity contribution in [3.05, 3.63) is 11.6 Å². The first kappa shape index (κ1) is 14.1. The van der Waals surface area contributed by atoms with Crippen LogP contribution in [0.5, 0.6) is 0 Å². The molecule has 1 amide bonds. The Morgan fingerprint density at radius 3 is 2.50 bits per heavy atom. The van der Waals surface area contributed by atoms with Gasteiger partial charge in [-0.3, -0.25) is 9.69 Å². The second-order valence-corrected chi connectivity index (χ2v) is 7.10.